The van der Waals surface area contributed by atoms with E-state index in [1.165, 1.54) is 31.2 Å². The maximum absolute atomic E-state index is 12.7. The number of nitrogens with one attached hydrogen (secondary N) is 1. The van der Waals surface area contributed by atoms with Crippen LogP contribution in [0.3, 0.4) is 0 Å². The van der Waals surface area contributed by atoms with Gasteiger partial charge < -0.3 is 5.32 Å². The lowest BCUT2D eigenvalue weighted by Gasteiger charge is -2.36. The first-order chi connectivity index (χ1) is 7.31. The fraction of sp³-hybridized carbons (Fsp3) is 0.538. The molecule has 2 fully saturated rings. The quantitative estimate of drug-likeness (QED) is 0.800. The summed E-state index contributed by atoms with van der Waals surface area (Å²) in [6.45, 7) is 0. The monoisotopic (exact) mass is 205 g/mol. The lowest BCUT2D eigenvalue weighted by atomic mass is 9.76. The molecule has 80 valence electrons. The van der Waals surface area contributed by atoms with Gasteiger partial charge in [-0.2, -0.15) is 0 Å². The minimum absolute atomic E-state index is 0.134. The molecule has 3 rings (SSSR count). The smallest absolute Gasteiger partial charge is 0.123 e. The van der Waals surface area contributed by atoms with Crippen LogP contribution in [0.5, 0.6) is 0 Å². The van der Waals surface area contributed by atoms with E-state index in [-0.39, 0.29) is 5.82 Å². The lowest BCUT2D eigenvalue weighted by Crippen LogP contribution is -2.41. The third-order valence-corrected chi connectivity index (χ3v) is 3.53. The molecule has 0 bridgehead atoms. The molecule has 0 saturated heterocycles. The van der Waals surface area contributed by atoms with Crippen molar-refractivity contribution >= 4 is 0 Å². The highest BCUT2D eigenvalue weighted by molar-refractivity contribution is 5.23. The largest absolute Gasteiger partial charge is 0.311 e. The molecular weight excluding hydrogens is 189 g/mol. The average molecular weight is 205 g/mol. The number of hydrogen-bond donors (Lipinski definition) is 1. The molecule has 0 aliphatic heterocycles. The molecule has 2 heteroatoms. The van der Waals surface area contributed by atoms with Crippen LogP contribution in [0.2, 0.25) is 0 Å². The summed E-state index contributed by atoms with van der Waals surface area (Å²) in [4.78, 5) is 0. The third-order valence-electron chi connectivity index (χ3n) is 3.53. The van der Waals surface area contributed by atoms with Crippen LogP contribution in [-0.2, 0) is 0 Å². The fourth-order valence-corrected chi connectivity index (χ4v) is 2.34. The molecule has 0 aromatic heterocycles. The molecule has 0 heterocycles. The first-order valence-electron chi connectivity index (χ1n) is 5.83. The molecule has 2 aliphatic carbocycles. The molecule has 0 radical (unpaired) electrons. The van der Waals surface area contributed by atoms with Crippen molar-refractivity contribution in [3.05, 3.63) is 35.6 Å². The average Bonchev–Trinajstić information content (AvgIpc) is 2.96. The van der Waals surface area contributed by atoms with Gasteiger partial charge in [-0.05, 0) is 49.3 Å². The highest BCUT2D eigenvalue weighted by Gasteiger charge is 2.34. The lowest BCUT2D eigenvalue weighted by molar-refractivity contribution is 0.289. The number of hydrogen-bond acceptors (Lipinski definition) is 1. The van der Waals surface area contributed by atoms with E-state index < -0.39 is 0 Å². The van der Waals surface area contributed by atoms with Crippen LogP contribution >= 0.6 is 0 Å². The fourth-order valence-electron chi connectivity index (χ4n) is 2.34. The molecule has 15 heavy (non-hydrogen) atoms. The predicted molar refractivity (Wildman–Crippen MR) is 58.3 cm³/mol. The Balaban J connectivity index is 1.55. The first kappa shape index (κ1) is 9.34. The number of rotatable bonds is 3. The summed E-state index contributed by atoms with van der Waals surface area (Å²) in [5.74, 6) is 0.521. The molecule has 1 N–H and O–H groups in total. The Hall–Kier alpha value is -0.890. The van der Waals surface area contributed by atoms with Crippen molar-refractivity contribution in [2.24, 2.45) is 0 Å². The zero-order valence-electron chi connectivity index (χ0n) is 8.75. The van der Waals surface area contributed by atoms with E-state index in [0.29, 0.717) is 12.0 Å². The Labute approximate surface area is 89.7 Å². The van der Waals surface area contributed by atoms with Crippen LogP contribution in [-0.4, -0.2) is 12.1 Å². The Morgan fingerprint density at radius 2 is 1.67 bits per heavy atom. The van der Waals surface area contributed by atoms with Crippen LogP contribution in [0.4, 0.5) is 4.39 Å². The topological polar surface area (TPSA) is 12.0 Å². The van der Waals surface area contributed by atoms with E-state index in [9.17, 15) is 4.39 Å². The summed E-state index contributed by atoms with van der Waals surface area (Å²) in [5, 5.41) is 3.63. The second kappa shape index (κ2) is 3.60. The van der Waals surface area contributed by atoms with Gasteiger partial charge in [0.1, 0.15) is 5.82 Å². The normalized spacial score (nSPS) is 29.9. The van der Waals surface area contributed by atoms with Gasteiger partial charge in [-0.25, -0.2) is 4.39 Å². The van der Waals surface area contributed by atoms with E-state index >= 15 is 0 Å². The summed E-state index contributed by atoms with van der Waals surface area (Å²) in [5.41, 5.74) is 1.30. The van der Waals surface area contributed by atoms with Gasteiger partial charge >= 0.3 is 0 Å². The molecule has 2 aliphatic rings. The van der Waals surface area contributed by atoms with E-state index in [2.05, 4.69) is 5.32 Å². The molecule has 0 amide bonds. The summed E-state index contributed by atoms with van der Waals surface area (Å²) in [6, 6.07) is 8.51. The van der Waals surface area contributed by atoms with Gasteiger partial charge in [0.2, 0.25) is 0 Å². The molecule has 0 atom stereocenters. The van der Waals surface area contributed by atoms with E-state index in [0.717, 1.165) is 6.04 Å². The molecule has 0 spiro atoms. The van der Waals surface area contributed by atoms with Crippen LogP contribution in [0, 0.1) is 5.82 Å². The molecule has 0 unspecified atom stereocenters. The van der Waals surface area contributed by atoms with Gasteiger partial charge in [0.25, 0.3) is 0 Å². The minimum Gasteiger partial charge on any atom is -0.311 e. The highest BCUT2D eigenvalue weighted by Crippen LogP contribution is 2.38. The van der Waals surface area contributed by atoms with Gasteiger partial charge in [-0.1, -0.05) is 12.1 Å². The highest BCUT2D eigenvalue weighted by atomic mass is 19.1. The molecule has 2 saturated carbocycles. The third kappa shape index (κ3) is 2.05. The van der Waals surface area contributed by atoms with Gasteiger partial charge in [0, 0.05) is 12.1 Å². The van der Waals surface area contributed by atoms with Crippen molar-refractivity contribution in [2.45, 2.75) is 43.7 Å². The molecule has 1 aromatic carbocycles. The number of benzene rings is 1. The van der Waals surface area contributed by atoms with Crippen molar-refractivity contribution in [3.63, 3.8) is 0 Å². The van der Waals surface area contributed by atoms with Crippen LogP contribution < -0.4 is 5.32 Å². The minimum atomic E-state index is -0.134. The first-order valence-corrected chi connectivity index (χ1v) is 5.83. The summed E-state index contributed by atoms with van der Waals surface area (Å²) >= 11 is 0. The Bertz CT molecular complexity index is 336. The maximum Gasteiger partial charge on any atom is 0.123 e. The standard InChI is InChI=1S/C13H16FN/c14-11-3-1-9(2-4-11)10-7-13(8-10)15-12-5-6-12/h1-4,10,12-13,15H,5-8H2. The van der Waals surface area contributed by atoms with Crippen LogP contribution in [0.1, 0.15) is 37.2 Å². The van der Waals surface area contributed by atoms with Gasteiger partial charge in [0.15, 0.2) is 0 Å². The summed E-state index contributed by atoms with van der Waals surface area (Å²) in [7, 11) is 0. The predicted octanol–water partition coefficient (Wildman–Crippen LogP) is 2.82. The number of halogens is 1. The SMILES string of the molecule is Fc1ccc(C2CC(NC3CC3)C2)cc1. The Morgan fingerprint density at radius 1 is 1.00 bits per heavy atom. The molecule has 1 nitrogen and oxygen atoms in total. The second-order valence-corrected chi connectivity index (χ2v) is 4.86. The maximum atomic E-state index is 12.7. The zero-order chi connectivity index (χ0) is 10.3. The van der Waals surface area contributed by atoms with Gasteiger partial charge in [-0.15, -0.1) is 0 Å². The second-order valence-electron chi connectivity index (χ2n) is 4.86. The van der Waals surface area contributed by atoms with Crippen molar-refractivity contribution in [1.82, 2.24) is 5.32 Å². The van der Waals surface area contributed by atoms with Crippen molar-refractivity contribution < 1.29 is 4.39 Å². The van der Waals surface area contributed by atoms with Gasteiger partial charge in [-0.3, -0.25) is 0 Å². The molecular formula is C13H16FN. The summed E-state index contributed by atoms with van der Waals surface area (Å²) < 4.78 is 12.7. The van der Waals surface area contributed by atoms with Crippen LogP contribution in [0.15, 0.2) is 24.3 Å². The van der Waals surface area contributed by atoms with Crippen molar-refractivity contribution in [2.75, 3.05) is 0 Å². The van der Waals surface area contributed by atoms with E-state index in [1.54, 1.807) is 12.1 Å². The van der Waals surface area contributed by atoms with Crippen LogP contribution in [0.25, 0.3) is 0 Å². The zero-order valence-corrected chi connectivity index (χ0v) is 8.75. The van der Waals surface area contributed by atoms with Crippen molar-refractivity contribution in [1.29, 1.82) is 0 Å². The van der Waals surface area contributed by atoms with E-state index in [4.69, 9.17) is 0 Å². The summed E-state index contributed by atoms with van der Waals surface area (Å²) in [6.07, 6.45) is 5.17. The van der Waals surface area contributed by atoms with E-state index in [1.807, 2.05) is 12.1 Å². The Morgan fingerprint density at radius 3 is 2.27 bits per heavy atom. The van der Waals surface area contributed by atoms with Crippen molar-refractivity contribution in [3.8, 4) is 0 Å². The van der Waals surface area contributed by atoms with Gasteiger partial charge in [0.05, 0.1) is 0 Å². The Kier molecular flexibility index (Phi) is 2.24. The molecule has 1 aromatic rings.